The second-order valence-corrected chi connectivity index (χ2v) is 18.5. The summed E-state index contributed by atoms with van der Waals surface area (Å²) in [5, 5.41) is 3.44. The largest absolute Gasteiger partial charge is 0.305 e. The normalized spacial score (nSPS) is 11.6. The van der Waals surface area contributed by atoms with Crippen molar-refractivity contribution < 1.29 is 24.5 Å². The Balaban J connectivity index is 0.000000207. The topological polar surface area (TPSA) is 38.7 Å². The summed E-state index contributed by atoms with van der Waals surface area (Å²) < 4.78 is 14.5. The number of hydrogen-bond acceptors (Lipinski definition) is 4. The van der Waals surface area contributed by atoms with Crippen molar-refractivity contribution in [2.75, 3.05) is 0 Å². The SMILES string of the molecule is CC(C)(C)Cc1ccnc(-c2[c-]ccc3c2sc2nc(F)ccc23)c1.C[Si](C)(C)c1ccc(-c2[c-]cccc2)nc1.[Ir]. The minimum atomic E-state index is -1.23. The smallest absolute Gasteiger partial charge is 0.214 e. The van der Waals surface area contributed by atoms with E-state index in [9.17, 15) is 4.39 Å². The van der Waals surface area contributed by atoms with Gasteiger partial charge in [0.2, 0.25) is 5.95 Å². The van der Waals surface area contributed by atoms with E-state index in [0.717, 1.165) is 44.4 Å². The number of fused-ring (bicyclic) bond motifs is 3. The number of halogens is 1. The van der Waals surface area contributed by atoms with Crippen molar-refractivity contribution in [1.29, 1.82) is 0 Å². The summed E-state index contributed by atoms with van der Waals surface area (Å²) in [5.41, 5.74) is 5.39. The van der Waals surface area contributed by atoms with E-state index in [0.29, 0.717) is 4.83 Å². The summed E-state index contributed by atoms with van der Waals surface area (Å²) >= 11 is 1.49. The summed E-state index contributed by atoms with van der Waals surface area (Å²) in [7, 11) is -1.23. The minimum Gasteiger partial charge on any atom is -0.305 e. The van der Waals surface area contributed by atoms with Gasteiger partial charge in [-0.15, -0.1) is 59.7 Å². The summed E-state index contributed by atoms with van der Waals surface area (Å²) in [6, 6.07) is 30.1. The van der Waals surface area contributed by atoms with Crippen LogP contribution in [-0.2, 0) is 26.5 Å². The van der Waals surface area contributed by atoms with E-state index in [1.54, 1.807) is 6.07 Å². The molecule has 217 valence electrons. The van der Waals surface area contributed by atoms with Crippen molar-refractivity contribution in [1.82, 2.24) is 15.0 Å². The van der Waals surface area contributed by atoms with E-state index < -0.39 is 14.0 Å². The number of nitrogens with zero attached hydrogens (tertiary/aromatic N) is 3. The monoisotopic (exact) mass is 768 g/mol. The summed E-state index contributed by atoms with van der Waals surface area (Å²) in [6.07, 6.45) is 4.86. The predicted molar refractivity (Wildman–Crippen MR) is 174 cm³/mol. The Kier molecular flexibility index (Phi) is 9.89. The van der Waals surface area contributed by atoms with Crippen molar-refractivity contribution in [3.05, 3.63) is 109 Å². The molecule has 0 atom stereocenters. The summed E-state index contributed by atoms with van der Waals surface area (Å²) in [5.74, 6) is -0.449. The predicted octanol–water partition coefficient (Wildman–Crippen LogP) is 9.13. The third kappa shape index (κ3) is 7.64. The van der Waals surface area contributed by atoms with E-state index in [4.69, 9.17) is 0 Å². The third-order valence-corrected chi connectivity index (χ3v) is 9.85. The van der Waals surface area contributed by atoms with Crippen LogP contribution in [0.15, 0.2) is 85.2 Å². The van der Waals surface area contributed by atoms with E-state index in [-0.39, 0.29) is 25.5 Å². The van der Waals surface area contributed by atoms with Crippen LogP contribution in [0.1, 0.15) is 26.3 Å². The van der Waals surface area contributed by atoms with Crippen LogP contribution in [0.4, 0.5) is 4.39 Å². The molecule has 0 aliphatic carbocycles. The van der Waals surface area contributed by atoms with Crippen LogP contribution < -0.4 is 5.19 Å². The Hall–Kier alpha value is -3.09. The molecule has 42 heavy (non-hydrogen) atoms. The van der Waals surface area contributed by atoms with E-state index in [1.165, 1.54) is 28.2 Å². The molecule has 2 aromatic carbocycles. The van der Waals surface area contributed by atoms with Gasteiger partial charge in [0.25, 0.3) is 0 Å². The van der Waals surface area contributed by atoms with Crippen molar-refractivity contribution in [3.63, 3.8) is 0 Å². The Morgan fingerprint density at radius 1 is 0.857 bits per heavy atom. The van der Waals surface area contributed by atoms with Crippen LogP contribution in [-0.4, -0.2) is 23.0 Å². The average Bonchev–Trinajstić information content (AvgIpc) is 3.30. The molecule has 0 spiro atoms. The fraction of sp³-hybridized carbons (Fsp3) is 0.229. The Morgan fingerprint density at radius 3 is 2.33 bits per heavy atom. The van der Waals surface area contributed by atoms with Crippen molar-refractivity contribution >= 4 is 44.9 Å². The number of benzene rings is 2. The second kappa shape index (κ2) is 13.0. The molecule has 0 N–H and O–H groups in total. The van der Waals surface area contributed by atoms with Gasteiger partial charge in [0.15, 0.2) is 0 Å². The van der Waals surface area contributed by atoms with Crippen LogP contribution in [0.5, 0.6) is 0 Å². The molecular weight excluding hydrogens is 734 g/mol. The minimum absolute atomic E-state index is 0. The molecular formula is C35H34FIrN3SSi-2. The van der Waals surface area contributed by atoms with Gasteiger partial charge < -0.3 is 9.97 Å². The Morgan fingerprint density at radius 2 is 1.67 bits per heavy atom. The molecule has 6 aromatic rings. The number of pyridine rings is 3. The number of hydrogen-bond donors (Lipinski definition) is 0. The van der Waals surface area contributed by atoms with Gasteiger partial charge in [-0.25, -0.2) is 4.98 Å². The standard InChI is InChI=1S/C21H18FN2S.C14H16NSi.Ir/c1-21(2,3)12-13-9-10-23-17(11-13)16-6-4-5-14-15-7-8-18(22)24-20(15)25-19(14)16;1-16(2,3)13-9-10-14(15-11-13)12-7-5-4-6-8-12;/h4-5,7-11H,12H2,1-3H3;4-7,9-11H,1-3H3;/q2*-1;. The van der Waals surface area contributed by atoms with Crippen molar-refractivity contribution in [2.45, 2.75) is 46.8 Å². The molecule has 3 nitrogen and oxygen atoms in total. The number of rotatable bonds is 4. The van der Waals surface area contributed by atoms with E-state index in [2.05, 4.69) is 91.8 Å². The van der Waals surface area contributed by atoms with Gasteiger partial charge in [-0.1, -0.05) is 69.6 Å². The molecule has 0 saturated carbocycles. The van der Waals surface area contributed by atoms with Crippen LogP contribution in [0.3, 0.4) is 0 Å². The number of thiophene rings is 1. The van der Waals surface area contributed by atoms with Crippen LogP contribution in [0, 0.1) is 23.5 Å². The second-order valence-electron chi connectivity index (χ2n) is 12.4. The van der Waals surface area contributed by atoms with Gasteiger partial charge in [-0.2, -0.15) is 15.7 Å². The van der Waals surface area contributed by atoms with Crippen LogP contribution >= 0.6 is 11.3 Å². The molecule has 0 amide bonds. The molecule has 0 fully saturated rings. The molecule has 4 aromatic heterocycles. The Bertz CT molecular complexity index is 1790. The first kappa shape index (κ1) is 31.8. The quantitative estimate of drug-likeness (QED) is 0.102. The molecule has 7 heteroatoms. The van der Waals surface area contributed by atoms with Gasteiger partial charge in [-0.3, -0.25) is 0 Å². The maximum Gasteiger partial charge on any atom is 0.214 e. The Labute approximate surface area is 266 Å². The van der Waals surface area contributed by atoms with Crippen LogP contribution in [0.2, 0.25) is 19.6 Å². The van der Waals surface area contributed by atoms with Gasteiger partial charge in [-0.05, 0) is 51.3 Å². The molecule has 0 aliphatic heterocycles. The molecule has 6 rings (SSSR count). The maximum absolute atomic E-state index is 13.5. The zero-order valence-electron chi connectivity index (χ0n) is 24.8. The van der Waals surface area contributed by atoms with Crippen molar-refractivity contribution in [2.24, 2.45) is 5.41 Å². The molecule has 1 radical (unpaired) electrons. The molecule has 0 bridgehead atoms. The molecule has 4 heterocycles. The first-order valence-electron chi connectivity index (χ1n) is 13.8. The molecule has 0 saturated heterocycles. The first-order valence-corrected chi connectivity index (χ1v) is 18.1. The maximum atomic E-state index is 13.5. The average molecular weight is 768 g/mol. The first-order chi connectivity index (χ1) is 19.5. The summed E-state index contributed by atoms with van der Waals surface area (Å²) in [6.45, 7) is 13.7. The van der Waals surface area contributed by atoms with Gasteiger partial charge in [0, 0.05) is 37.9 Å². The summed E-state index contributed by atoms with van der Waals surface area (Å²) in [4.78, 5) is 13.8. The zero-order valence-corrected chi connectivity index (χ0v) is 29.0. The zero-order chi connectivity index (χ0) is 29.2. The van der Waals surface area contributed by atoms with Crippen LogP contribution in [0.25, 0.3) is 42.8 Å². The van der Waals surface area contributed by atoms with E-state index in [1.807, 2.05) is 48.8 Å². The fourth-order valence-electron chi connectivity index (χ4n) is 4.67. The van der Waals surface area contributed by atoms with Gasteiger partial charge >= 0.3 is 0 Å². The molecule has 0 unspecified atom stereocenters. The van der Waals surface area contributed by atoms with Gasteiger partial charge in [0.1, 0.15) is 4.83 Å². The molecule has 0 aliphatic rings. The number of aromatic nitrogens is 3. The van der Waals surface area contributed by atoms with Crippen molar-refractivity contribution in [3.8, 4) is 22.5 Å². The van der Waals surface area contributed by atoms with Gasteiger partial charge in [0.05, 0.1) is 8.07 Å². The third-order valence-electron chi connectivity index (χ3n) is 6.69. The fourth-order valence-corrected chi connectivity index (χ4v) is 6.88. The van der Waals surface area contributed by atoms with E-state index >= 15 is 0 Å².